The highest BCUT2D eigenvalue weighted by atomic mass is 32.1. The van der Waals surface area contributed by atoms with E-state index in [2.05, 4.69) is 22.3 Å². The summed E-state index contributed by atoms with van der Waals surface area (Å²) in [4.78, 5) is 10.4. The average Bonchev–Trinajstić information content (AvgIpc) is 1.88. The molecular weight excluding hydrogens is 166 g/mol. The van der Waals surface area contributed by atoms with Gasteiger partial charge in [0.25, 0.3) is 5.17 Å². The summed E-state index contributed by atoms with van der Waals surface area (Å²) < 4.78 is 8.98. The minimum absolute atomic E-state index is 0. The fourth-order valence-electron chi connectivity index (χ4n) is 0.302. The van der Waals surface area contributed by atoms with Crippen molar-refractivity contribution in [3.8, 4) is 0 Å². The number of hydrogen-bond donors (Lipinski definition) is 1. The van der Waals surface area contributed by atoms with E-state index in [-0.39, 0.29) is 12.6 Å². The van der Waals surface area contributed by atoms with Crippen LogP contribution in [0.2, 0.25) is 0 Å². The molecule has 0 aromatic carbocycles. The van der Waals surface area contributed by atoms with Crippen LogP contribution < -0.4 is 5.32 Å². The average molecular weight is 179 g/mol. The van der Waals surface area contributed by atoms with E-state index < -0.39 is 6.09 Å². The van der Waals surface area contributed by atoms with Gasteiger partial charge in [-0.2, -0.15) is 0 Å². The van der Waals surface area contributed by atoms with Crippen molar-refractivity contribution < 1.29 is 14.3 Å². The first-order chi connectivity index (χ1) is 4.70. The zero-order chi connectivity index (χ0) is 7.98. The van der Waals surface area contributed by atoms with Crippen LogP contribution in [0.4, 0.5) is 4.79 Å². The second-order valence-electron chi connectivity index (χ2n) is 1.34. The molecule has 0 saturated carbocycles. The Kier molecular flexibility index (Phi) is 8.46. The van der Waals surface area contributed by atoms with Crippen molar-refractivity contribution in [2.75, 3.05) is 13.7 Å². The molecule has 11 heavy (non-hydrogen) atoms. The van der Waals surface area contributed by atoms with E-state index in [0.29, 0.717) is 6.61 Å². The third-order valence-corrected chi connectivity index (χ3v) is 0.885. The van der Waals surface area contributed by atoms with Crippen molar-refractivity contribution in [1.82, 2.24) is 5.32 Å². The van der Waals surface area contributed by atoms with Crippen molar-refractivity contribution in [1.29, 1.82) is 0 Å². The van der Waals surface area contributed by atoms with E-state index in [1.165, 1.54) is 7.11 Å². The Hall–Kier alpha value is -0.840. The second kappa shape index (κ2) is 7.27. The fourth-order valence-corrected chi connectivity index (χ4v) is 0.503. The number of alkyl carbamates (subject to hydrolysis) is 1. The topological polar surface area (TPSA) is 47.6 Å². The molecule has 0 fully saturated rings. The largest absolute Gasteiger partial charge is 0.471 e. The Labute approximate surface area is 71.9 Å². The summed E-state index contributed by atoms with van der Waals surface area (Å²) >= 11 is 4.56. The summed E-state index contributed by atoms with van der Waals surface area (Å²) in [5.74, 6) is 0. The van der Waals surface area contributed by atoms with Crippen molar-refractivity contribution in [3.63, 3.8) is 0 Å². The minimum Gasteiger partial charge on any atom is -0.471 e. The predicted molar refractivity (Wildman–Crippen MR) is 46.5 cm³/mol. The maximum absolute atomic E-state index is 10.4. The molecule has 5 heteroatoms. The monoisotopic (exact) mass is 179 g/mol. The van der Waals surface area contributed by atoms with Gasteiger partial charge in [-0.1, -0.05) is 7.43 Å². The standard InChI is InChI=1S/C5H9NO3S.CH4/c1-3-9-5(10)6-4(7)8-2;/h3H2,1-2H3,(H,6,7,10);1H4. The van der Waals surface area contributed by atoms with E-state index in [1.54, 1.807) is 6.92 Å². The molecule has 4 nitrogen and oxygen atoms in total. The van der Waals surface area contributed by atoms with Gasteiger partial charge in [0.05, 0.1) is 13.7 Å². The van der Waals surface area contributed by atoms with Crippen LogP contribution in [-0.4, -0.2) is 25.0 Å². The first-order valence-corrected chi connectivity index (χ1v) is 3.13. The minimum atomic E-state index is -0.613. The quantitative estimate of drug-likeness (QED) is 0.616. The number of nitrogens with one attached hydrogen (secondary N) is 1. The molecule has 0 aliphatic rings. The van der Waals surface area contributed by atoms with Gasteiger partial charge in [0, 0.05) is 0 Å². The first kappa shape index (κ1) is 12.8. The normalized spacial score (nSPS) is 7.45. The highest BCUT2D eigenvalue weighted by Gasteiger charge is 2.01. The Balaban J connectivity index is 0. The van der Waals surface area contributed by atoms with Crippen LogP contribution in [0.1, 0.15) is 14.4 Å². The SMILES string of the molecule is C.CCOC(=S)NC(=O)OC. The molecule has 0 bridgehead atoms. The van der Waals surface area contributed by atoms with Crippen LogP contribution in [0, 0.1) is 0 Å². The maximum atomic E-state index is 10.4. The van der Waals surface area contributed by atoms with Crippen LogP contribution in [0.5, 0.6) is 0 Å². The van der Waals surface area contributed by atoms with Crippen molar-refractivity contribution >= 4 is 23.5 Å². The van der Waals surface area contributed by atoms with Crippen LogP contribution in [-0.2, 0) is 9.47 Å². The summed E-state index contributed by atoms with van der Waals surface area (Å²) in [6.45, 7) is 2.20. The lowest BCUT2D eigenvalue weighted by atomic mass is 10.9. The van der Waals surface area contributed by atoms with Crippen LogP contribution in [0.15, 0.2) is 0 Å². The van der Waals surface area contributed by atoms with E-state index in [9.17, 15) is 4.79 Å². The van der Waals surface area contributed by atoms with E-state index in [4.69, 9.17) is 4.74 Å². The molecule has 0 saturated heterocycles. The zero-order valence-corrected chi connectivity index (χ0v) is 6.66. The second-order valence-corrected chi connectivity index (χ2v) is 1.71. The van der Waals surface area contributed by atoms with Crippen molar-refractivity contribution in [2.24, 2.45) is 0 Å². The lowest BCUT2D eigenvalue weighted by molar-refractivity contribution is 0.173. The summed E-state index contributed by atoms with van der Waals surface area (Å²) in [5, 5.41) is 2.22. The van der Waals surface area contributed by atoms with E-state index in [1.807, 2.05) is 0 Å². The van der Waals surface area contributed by atoms with Crippen LogP contribution in [0.3, 0.4) is 0 Å². The van der Waals surface area contributed by atoms with Crippen LogP contribution in [0.25, 0.3) is 0 Å². The van der Waals surface area contributed by atoms with Gasteiger partial charge >= 0.3 is 6.09 Å². The zero-order valence-electron chi connectivity index (χ0n) is 5.84. The van der Waals surface area contributed by atoms with Gasteiger partial charge < -0.3 is 9.47 Å². The molecule has 0 aromatic rings. The number of carbonyl (C=O) groups excluding carboxylic acids is 1. The molecule has 0 rings (SSSR count). The molecule has 0 aromatic heterocycles. The first-order valence-electron chi connectivity index (χ1n) is 2.72. The fraction of sp³-hybridized carbons (Fsp3) is 0.667. The van der Waals surface area contributed by atoms with Gasteiger partial charge in [-0.05, 0) is 19.1 Å². The summed E-state index contributed by atoms with van der Waals surface area (Å²) in [7, 11) is 1.25. The van der Waals surface area contributed by atoms with E-state index >= 15 is 0 Å². The third kappa shape index (κ3) is 7.05. The molecule has 66 valence electrons. The maximum Gasteiger partial charge on any atom is 0.414 e. The Bertz CT molecular complexity index is 138. The molecule has 0 heterocycles. The van der Waals surface area contributed by atoms with Gasteiger partial charge in [0.1, 0.15) is 0 Å². The van der Waals surface area contributed by atoms with E-state index in [0.717, 1.165) is 0 Å². The molecule has 0 aliphatic carbocycles. The van der Waals surface area contributed by atoms with Gasteiger partial charge in [-0.15, -0.1) is 0 Å². The molecule has 0 atom stereocenters. The van der Waals surface area contributed by atoms with Gasteiger partial charge in [-0.3, -0.25) is 5.32 Å². The molecule has 0 radical (unpaired) electrons. The highest BCUT2D eigenvalue weighted by Crippen LogP contribution is 1.78. The van der Waals surface area contributed by atoms with Gasteiger partial charge in [-0.25, -0.2) is 4.79 Å². The lowest BCUT2D eigenvalue weighted by Gasteiger charge is -2.03. The highest BCUT2D eigenvalue weighted by molar-refractivity contribution is 7.80. The summed E-state index contributed by atoms with van der Waals surface area (Å²) in [6, 6.07) is 0. The number of ether oxygens (including phenoxy) is 2. The number of rotatable bonds is 1. The number of thiocarbonyl (C=S) groups is 1. The summed E-state index contributed by atoms with van der Waals surface area (Å²) in [5.41, 5.74) is 0. The molecule has 0 unspecified atom stereocenters. The van der Waals surface area contributed by atoms with Gasteiger partial charge in [0.2, 0.25) is 0 Å². The molecule has 0 aliphatic heterocycles. The van der Waals surface area contributed by atoms with Gasteiger partial charge in [0.15, 0.2) is 0 Å². The third-order valence-electron chi connectivity index (χ3n) is 0.665. The predicted octanol–water partition coefficient (Wildman–Crippen LogP) is 1.30. The molecular formula is C6H13NO3S. The Morgan fingerprint density at radius 3 is 2.55 bits per heavy atom. The van der Waals surface area contributed by atoms with Crippen molar-refractivity contribution in [3.05, 3.63) is 0 Å². The Morgan fingerprint density at radius 2 is 2.18 bits per heavy atom. The van der Waals surface area contributed by atoms with Crippen molar-refractivity contribution in [2.45, 2.75) is 14.4 Å². The molecule has 1 amide bonds. The number of amides is 1. The smallest absolute Gasteiger partial charge is 0.414 e. The number of methoxy groups -OCH3 is 1. The number of carbonyl (C=O) groups is 1. The summed E-state index contributed by atoms with van der Waals surface area (Å²) in [6.07, 6.45) is -0.613. The molecule has 1 N–H and O–H groups in total. The van der Waals surface area contributed by atoms with Crippen LogP contribution >= 0.6 is 12.2 Å². The lowest BCUT2D eigenvalue weighted by Crippen LogP contribution is -2.30. The Morgan fingerprint density at radius 1 is 1.64 bits per heavy atom. The molecule has 0 spiro atoms. The number of hydrogen-bond acceptors (Lipinski definition) is 4.